The van der Waals surface area contributed by atoms with Gasteiger partial charge in [0.05, 0.1) is 6.04 Å². The van der Waals surface area contributed by atoms with E-state index in [4.69, 9.17) is 24.4 Å². The third-order valence-electron chi connectivity index (χ3n) is 3.94. The molecule has 118 valence electrons. The first kappa shape index (κ1) is 17.8. The molecule has 1 aromatic carbocycles. The predicted molar refractivity (Wildman–Crippen MR) is 63.6 cm³/mol. The van der Waals surface area contributed by atoms with Crippen LogP contribution in [-0.4, -0.2) is 18.5 Å². The molecule has 0 aliphatic carbocycles. The van der Waals surface area contributed by atoms with Gasteiger partial charge in [-0.05, 0) is 26.8 Å². The van der Waals surface area contributed by atoms with Gasteiger partial charge < -0.3 is 5.73 Å². The van der Waals surface area contributed by atoms with Crippen molar-refractivity contribution in [2.45, 2.75) is 32.2 Å². The molecule has 2 atom stereocenters. The van der Waals surface area contributed by atoms with Crippen molar-refractivity contribution in [3.8, 4) is 0 Å². The molecule has 8 heteroatoms. The molecule has 0 radical (unpaired) electrons. The summed E-state index contributed by atoms with van der Waals surface area (Å²) in [4.78, 5) is 12.3. The molecule has 1 amide bonds. The maximum absolute atomic E-state index is 11.1. The first-order valence-electron chi connectivity index (χ1n) is 6.30. The van der Waals surface area contributed by atoms with Crippen LogP contribution >= 0.6 is 0 Å². The van der Waals surface area contributed by atoms with E-state index in [1.54, 1.807) is 0 Å². The molecule has 0 fully saturated rings. The van der Waals surface area contributed by atoms with E-state index in [1.807, 2.05) is 6.07 Å². The van der Waals surface area contributed by atoms with E-state index in [1.165, 1.54) is 16.2 Å². The van der Waals surface area contributed by atoms with E-state index in [2.05, 4.69) is 39.0 Å². The number of carbonyl (C=O) groups excluding carboxylic acids is 1. The van der Waals surface area contributed by atoms with E-state index in [9.17, 15) is 4.79 Å². The minimum absolute atomic E-state index is 0.0986. The first-order chi connectivity index (χ1) is 9.44. The van der Waals surface area contributed by atoms with Crippen LogP contribution in [0.1, 0.15) is 26.3 Å². The number of fused-ring (bicyclic) bond motifs is 1. The number of nitrogens with one attached hydrogen (secondary N) is 1. The lowest BCUT2D eigenvalue weighted by molar-refractivity contribution is -2.00. The van der Waals surface area contributed by atoms with Crippen molar-refractivity contribution in [2.75, 3.05) is 6.54 Å². The summed E-state index contributed by atoms with van der Waals surface area (Å²) in [6, 6.07) is 8.70. The van der Waals surface area contributed by atoms with Gasteiger partial charge in [0.2, 0.25) is 0 Å². The fourth-order valence-corrected chi connectivity index (χ4v) is 2.66. The molecule has 21 heavy (non-hydrogen) atoms. The van der Waals surface area contributed by atoms with Crippen molar-refractivity contribution in [3.05, 3.63) is 29.8 Å². The predicted octanol–water partition coefficient (Wildman–Crippen LogP) is -4.39. The molecule has 1 aliphatic rings. The van der Waals surface area contributed by atoms with Crippen molar-refractivity contribution < 1.29 is 38.6 Å². The van der Waals surface area contributed by atoms with Crippen LogP contribution < -0.4 is 29.3 Å². The SMILES string of the molecule is CC1[NH+](CC(N)=O)c2ccccc2C1(C)C.[O-][Cl+3]([O-])([O-])[O-]. The minimum Gasteiger partial charge on any atom is -0.365 e. The molecule has 3 N–H and O–H groups in total. The van der Waals surface area contributed by atoms with Gasteiger partial charge in [-0.2, -0.15) is 0 Å². The lowest BCUT2D eigenvalue weighted by Gasteiger charge is -2.25. The van der Waals surface area contributed by atoms with Crippen molar-refractivity contribution in [1.82, 2.24) is 0 Å². The highest BCUT2D eigenvalue weighted by Gasteiger charge is 2.46. The standard InChI is InChI=1S/C13H18N2O.ClHO4/c1-9-13(2,3)10-6-4-5-7-11(10)15(9)8-12(14)16;2-1(3,4)5/h4-7,9H,8H2,1-3H3,(H2,14,16);(H,2,3,4,5). The summed E-state index contributed by atoms with van der Waals surface area (Å²) >= 11 is 0. The average molecular weight is 319 g/mol. The van der Waals surface area contributed by atoms with Crippen molar-refractivity contribution in [3.63, 3.8) is 0 Å². The molecule has 0 saturated heterocycles. The van der Waals surface area contributed by atoms with Gasteiger partial charge in [0.25, 0.3) is 5.91 Å². The summed E-state index contributed by atoms with van der Waals surface area (Å²) in [5, 5.41) is 0. The van der Waals surface area contributed by atoms with Crippen LogP contribution in [0.3, 0.4) is 0 Å². The summed E-state index contributed by atoms with van der Waals surface area (Å²) in [6.45, 7) is 7.01. The van der Waals surface area contributed by atoms with Gasteiger partial charge in [-0.25, -0.2) is 18.6 Å². The second kappa shape index (κ2) is 6.27. The number of quaternary nitrogens is 1. The van der Waals surface area contributed by atoms with Gasteiger partial charge in [-0.3, -0.25) is 9.69 Å². The highest BCUT2D eigenvalue weighted by atomic mass is 35.7. The Morgan fingerprint density at radius 3 is 2.24 bits per heavy atom. The number of hydrogen-bond acceptors (Lipinski definition) is 5. The van der Waals surface area contributed by atoms with Crippen molar-refractivity contribution >= 4 is 11.6 Å². The molecule has 2 unspecified atom stereocenters. The topological polar surface area (TPSA) is 140 Å². The number of carbonyl (C=O) groups is 1. The van der Waals surface area contributed by atoms with Gasteiger partial charge in [0, 0.05) is 11.0 Å². The Hall–Kier alpha value is -1.22. The molecular formula is C13H19ClN2O5. The zero-order chi connectivity index (χ0) is 16.4. The summed E-state index contributed by atoms with van der Waals surface area (Å²) in [7, 11) is -4.94. The molecule has 1 aliphatic heterocycles. The quantitative estimate of drug-likeness (QED) is 0.566. The number of halogens is 1. The fraction of sp³-hybridized carbons (Fsp3) is 0.462. The van der Waals surface area contributed by atoms with Crippen LogP contribution in [0.2, 0.25) is 0 Å². The summed E-state index contributed by atoms with van der Waals surface area (Å²) in [5.74, 6) is -0.241. The zero-order valence-corrected chi connectivity index (χ0v) is 12.8. The Morgan fingerprint density at radius 2 is 1.76 bits per heavy atom. The largest absolute Gasteiger partial charge is 0.365 e. The maximum atomic E-state index is 11.1. The second-order valence-electron chi connectivity index (χ2n) is 5.54. The zero-order valence-electron chi connectivity index (χ0n) is 12.1. The summed E-state index contributed by atoms with van der Waals surface area (Å²) < 4.78 is 34.0. The number of benzene rings is 1. The summed E-state index contributed by atoms with van der Waals surface area (Å²) in [6.07, 6.45) is 0. The normalized spacial score (nSPS) is 23.0. The number of para-hydroxylation sites is 1. The summed E-state index contributed by atoms with van der Waals surface area (Å²) in [5.41, 5.74) is 7.97. The minimum atomic E-state index is -4.94. The fourth-order valence-electron chi connectivity index (χ4n) is 2.66. The van der Waals surface area contributed by atoms with Crippen LogP contribution in [0.5, 0.6) is 0 Å². The Labute approximate surface area is 125 Å². The van der Waals surface area contributed by atoms with Gasteiger partial charge in [-0.1, -0.05) is 18.2 Å². The van der Waals surface area contributed by atoms with E-state index in [-0.39, 0.29) is 11.3 Å². The smallest absolute Gasteiger partial charge is 0.273 e. The molecule has 7 nitrogen and oxygen atoms in total. The van der Waals surface area contributed by atoms with E-state index in [0.717, 1.165) is 0 Å². The molecule has 0 spiro atoms. The number of primary amides is 1. The van der Waals surface area contributed by atoms with Crippen molar-refractivity contribution in [1.29, 1.82) is 0 Å². The van der Waals surface area contributed by atoms with Crippen LogP contribution in [0, 0.1) is 10.2 Å². The molecular weight excluding hydrogens is 300 g/mol. The number of amides is 1. The Bertz CT molecular complexity index is 510. The Morgan fingerprint density at radius 1 is 1.29 bits per heavy atom. The Balaban J connectivity index is 0.000000383. The monoisotopic (exact) mass is 318 g/mol. The van der Waals surface area contributed by atoms with Gasteiger partial charge >= 0.3 is 0 Å². The van der Waals surface area contributed by atoms with Crippen LogP contribution in [0.25, 0.3) is 0 Å². The lowest BCUT2D eigenvalue weighted by atomic mass is 9.81. The van der Waals surface area contributed by atoms with Gasteiger partial charge in [-0.15, -0.1) is 10.2 Å². The maximum Gasteiger partial charge on any atom is 0.273 e. The molecule has 1 aromatic rings. The highest BCUT2D eigenvalue weighted by Crippen LogP contribution is 2.35. The average Bonchev–Trinajstić information content (AvgIpc) is 2.49. The lowest BCUT2D eigenvalue weighted by Crippen LogP contribution is -3.11. The third-order valence-corrected chi connectivity index (χ3v) is 3.94. The van der Waals surface area contributed by atoms with Crippen LogP contribution in [-0.2, 0) is 10.2 Å². The molecule has 0 aromatic heterocycles. The van der Waals surface area contributed by atoms with Crippen molar-refractivity contribution in [2.24, 2.45) is 5.73 Å². The second-order valence-corrected chi connectivity index (χ2v) is 6.29. The Kier molecular flexibility index (Phi) is 5.32. The van der Waals surface area contributed by atoms with Crippen LogP contribution in [0.4, 0.5) is 5.69 Å². The number of rotatable bonds is 2. The van der Waals surface area contributed by atoms with Gasteiger partial charge in [0.1, 0.15) is 5.69 Å². The number of hydrogen-bond donors (Lipinski definition) is 2. The van der Waals surface area contributed by atoms with E-state index < -0.39 is 10.2 Å². The molecule has 1 heterocycles. The molecule has 0 saturated carbocycles. The molecule has 2 rings (SSSR count). The first-order valence-corrected chi connectivity index (χ1v) is 7.53. The van der Waals surface area contributed by atoms with E-state index >= 15 is 0 Å². The van der Waals surface area contributed by atoms with Gasteiger partial charge in [0.15, 0.2) is 6.54 Å². The van der Waals surface area contributed by atoms with Crippen LogP contribution in [0.15, 0.2) is 24.3 Å². The van der Waals surface area contributed by atoms with E-state index in [0.29, 0.717) is 12.6 Å². The number of nitrogens with two attached hydrogens (primary N) is 1. The highest BCUT2D eigenvalue weighted by molar-refractivity contribution is 5.75. The third kappa shape index (κ3) is 4.63. The molecule has 0 bridgehead atoms.